The van der Waals surface area contributed by atoms with Gasteiger partial charge in [-0.25, -0.2) is 17.2 Å². The maximum Gasteiger partial charge on any atom is 0.261 e. The van der Waals surface area contributed by atoms with E-state index in [1.165, 1.54) is 24.3 Å². The molecule has 3 aromatic carbocycles. The molecular formula is C20H16F2N2O3S. The molecule has 0 bridgehead atoms. The lowest BCUT2D eigenvalue weighted by molar-refractivity contribution is 0.102. The van der Waals surface area contributed by atoms with Crippen molar-refractivity contribution in [2.24, 2.45) is 0 Å². The molecule has 8 heteroatoms. The molecule has 0 unspecified atom stereocenters. The number of para-hydroxylation sites is 1. The van der Waals surface area contributed by atoms with E-state index in [1.807, 2.05) is 0 Å². The lowest BCUT2D eigenvalue weighted by Crippen LogP contribution is -2.15. The second-order valence-corrected chi connectivity index (χ2v) is 7.71. The number of amides is 1. The molecule has 2 N–H and O–H groups in total. The smallest absolute Gasteiger partial charge is 0.261 e. The average Bonchev–Trinajstić information content (AvgIpc) is 2.66. The molecule has 5 nitrogen and oxygen atoms in total. The van der Waals surface area contributed by atoms with E-state index in [4.69, 9.17) is 0 Å². The van der Waals surface area contributed by atoms with E-state index in [0.29, 0.717) is 11.8 Å². The summed E-state index contributed by atoms with van der Waals surface area (Å²) >= 11 is 0. The van der Waals surface area contributed by atoms with Gasteiger partial charge in [-0.2, -0.15) is 0 Å². The van der Waals surface area contributed by atoms with Crippen LogP contribution in [0.5, 0.6) is 0 Å². The van der Waals surface area contributed by atoms with Gasteiger partial charge in [0.1, 0.15) is 11.6 Å². The highest BCUT2D eigenvalue weighted by molar-refractivity contribution is 7.92. The van der Waals surface area contributed by atoms with Gasteiger partial charge in [-0.05, 0) is 55.0 Å². The zero-order valence-electron chi connectivity index (χ0n) is 14.7. The summed E-state index contributed by atoms with van der Waals surface area (Å²) in [4.78, 5) is 12.2. The van der Waals surface area contributed by atoms with E-state index in [2.05, 4.69) is 10.0 Å². The fourth-order valence-corrected chi connectivity index (χ4v) is 3.59. The number of anilines is 2. The predicted octanol–water partition coefficient (Wildman–Crippen LogP) is 4.33. The van der Waals surface area contributed by atoms with Gasteiger partial charge in [0.05, 0.1) is 16.3 Å². The summed E-state index contributed by atoms with van der Waals surface area (Å²) in [7, 11) is -3.83. The van der Waals surface area contributed by atoms with Crippen molar-refractivity contribution in [2.45, 2.75) is 11.8 Å². The fraction of sp³-hybridized carbons (Fsp3) is 0.0500. The number of halogens is 2. The number of hydrogen-bond acceptors (Lipinski definition) is 3. The van der Waals surface area contributed by atoms with Gasteiger partial charge in [0.25, 0.3) is 15.9 Å². The van der Waals surface area contributed by atoms with E-state index in [0.717, 1.165) is 17.7 Å². The number of benzene rings is 3. The SMILES string of the molecule is Cc1ccccc1NS(=O)(=O)c1ccc(C(=O)Nc2ccc(F)cc2F)cc1. The Morgan fingerprint density at radius 1 is 0.893 bits per heavy atom. The lowest BCUT2D eigenvalue weighted by atomic mass is 10.2. The maximum atomic E-state index is 13.6. The lowest BCUT2D eigenvalue weighted by Gasteiger charge is -2.11. The Hall–Kier alpha value is -3.26. The molecule has 0 aliphatic heterocycles. The largest absolute Gasteiger partial charge is 0.319 e. The molecule has 0 heterocycles. The highest BCUT2D eigenvalue weighted by atomic mass is 32.2. The molecule has 0 aliphatic carbocycles. The summed E-state index contributed by atoms with van der Waals surface area (Å²) in [6.45, 7) is 1.78. The number of rotatable bonds is 5. The van der Waals surface area contributed by atoms with Gasteiger partial charge >= 0.3 is 0 Å². The first kappa shape index (κ1) is 19.5. The Morgan fingerprint density at radius 2 is 1.57 bits per heavy atom. The van der Waals surface area contributed by atoms with Crippen LogP contribution in [0.25, 0.3) is 0 Å². The van der Waals surface area contributed by atoms with Crippen LogP contribution in [-0.4, -0.2) is 14.3 Å². The summed E-state index contributed by atoms with van der Waals surface area (Å²) < 4.78 is 54.1. The van der Waals surface area contributed by atoms with Gasteiger partial charge in [0.2, 0.25) is 0 Å². The maximum absolute atomic E-state index is 13.6. The number of sulfonamides is 1. The minimum Gasteiger partial charge on any atom is -0.319 e. The van der Waals surface area contributed by atoms with E-state index >= 15 is 0 Å². The zero-order chi connectivity index (χ0) is 20.3. The molecular weight excluding hydrogens is 386 g/mol. The standard InChI is InChI=1S/C20H16F2N2O3S/c1-13-4-2-3-5-18(13)24-28(26,27)16-9-6-14(7-10-16)20(25)23-19-11-8-15(21)12-17(19)22/h2-12,24H,1H3,(H,23,25). The third-order valence-corrected chi connectivity index (χ3v) is 5.38. The van der Waals surface area contributed by atoms with E-state index in [1.54, 1.807) is 31.2 Å². The first-order chi connectivity index (χ1) is 13.3. The minimum absolute atomic E-state index is 0.0275. The van der Waals surface area contributed by atoms with Crippen molar-refractivity contribution < 1.29 is 22.0 Å². The Bertz CT molecular complexity index is 1130. The fourth-order valence-electron chi connectivity index (χ4n) is 2.46. The molecule has 3 rings (SSSR count). The van der Waals surface area contributed by atoms with Crippen molar-refractivity contribution in [3.8, 4) is 0 Å². The molecule has 0 fully saturated rings. The number of aryl methyl sites for hydroxylation is 1. The van der Waals surface area contributed by atoms with E-state index < -0.39 is 27.6 Å². The Balaban J connectivity index is 1.77. The summed E-state index contributed by atoms with van der Waals surface area (Å²) in [6, 6.07) is 14.9. The summed E-state index contributed by atoms with van der Waals surface area (Å²) in [5.74, 6) is -2.32. The van der Waals surface area contributed by atoms with Crippen LogP contribution in [0.2, 0.25) is 0 Å². The number of carbonyl (C=O) groups excluding carboxylic acids is 1. The van der Waals surface area contributed by atoms with Gasteiger partial charge in [-0.3, -0.25) is 9.52 Å². The quantitative estimate of drug-likeness (QED) is 0.667. The van der Waals surface area contributed by atoms with Crippen LogP contribution < -0.4 is 10.0 Å². The molecule has 0 saturated carbocycles. The van der Waals surface area contributed by atoms with Crippen LogP contribution in [0.4, 0.5) is 20.2 Å². The zero-order valence-corrected chi connectivity index (χ0v) is 15.6. The normalized spacial score (nSPS) is 11.1. The molecule has 0 radical (unpaired) electrons. The van der Waals surface area contributed by atoms with Crippen molar-refractivity contribution >= 4 is 27.3 Å². The Labute approximate surface area is 161 Å². The van der Waals surface area contributed by atoms with Crippen LogP contribution in [0.1, 0.15) is 15.9 Å². The molecule has 0 aromatic heterocycles. The highest BCUT2D eigenvalue weighted by Crippen LogP contribution is 2.20. The van der Waals surface area contributed by atoms with Crippen molar-refractivity contribution in [1.82, 2.24) is 0 Å². The van der Waals surface area contributed by atoms with Gasteiger partial charge in [0.15, 0.2) is 0 Å². The van der Waals surface area contributed by atoms with Crippen molar-refractivity contribution in [2.75, 3.05) is 10.0 Å². The van der Waals surface area contributed by atoms with Gasteiger partial charge in [-0.15, -0.1) is 0 Å². The topological polar surface area (TPSA) is 75.3 Å². The first-order valence-electron chi connectivity index (χ1n) is 8.21. The second-order valence-electron chi connectivity index (χ2n) is 6.02. The van der Waals surface area contributed by atoms with Crippen molar-refractivity contribution in [1.29, 1.82) is 0 Å². The molecule has 0 spiro atoms. The second kappa shape index (κ2) is 7.77. The molecule has 3 aromatic rings. The molecule has 28 heavy (non-hydrogen) atoms. The summed E-state index contributed by atoms with van der Waals surface area (Å²) in [5, 5.41) is 2.31. The number of hydrogen-bond donors (Lipinski definition) is 2. The average molecular weight is 402 g/mol. The molecule has 0 atom stereocenters. The predicted molar refractivity (Wildman–Crippen MR) is 103 cm³/mol. The monoisotopic (exact) mass is 402 g/mol. The minimum atomic E-state index is -3.83. The van der Waals surface area contributed by atoms with Crippen LogP contribution in [0.3, 0.4) is 0 Å². The van der Waals surface area contributed by atoms with Crippen LogP contribution in [0, 0.1) is 18.6 Å². The third-order valence-electron chi connectivity index (χ3n) is 4.00. The van der Waals surface area contributed by atoms with E-state index in [-0.39, 0.29) is 16.1 Å². The Kier molecular flexibility index (Phi) is 5.41. The molecule has 0 aliphatic rings. The first-order valence-corrected chi connectivity index (χ1v) is 9.69. The third kappa shape index (κ3) is 4.34. The Morgan fingerprint density at radius 3 is 2.21 bits per heavy atom. The van der Waals surface area contributed by atoms with Gasteiger partial charge in [0, 0.05) is 11.6 Å². The van der Waals surface area contributed by atoms with E-state index in [9.17, 15) is 22.0 Å². The molecule has 144 valence electrons. The van der Waals surface area contributed by atoms with Crippen LogP contribution in [0.15, 0.2) is 71.6 Å². The van der Waals surface area contributed by atoms with Crippen molar-refractivity contribution in [3.63, 3.8) is 0 Å². The highest BCUT2D eigenvalue weighted by Gasteiger charge is 2.16. The number of carbonyl (C=O) groups is 1. The summed E-state index contributed by atoms with van der Waals surface area (Å²) in [5.41, 5.74) is 1.17. The van der Waals surface area contributed by atoms with Gasteiger partial charge < -0.3 is 5.32 Å². The van der Waals surface area contributed by atoms with Gasteiger partial charge in [-0.1, -0.05) is 18.2 Å². The van der Waals surface area contributed by atoms with Crippen LogP contribution in [-0.2, 0) is 10.0 Å². The molecule has 1 amide bonds. The van der Waals surface area contributed by atoms with Crippen LogP contribution >= 0.6 is 0 Å². The number of nitrogens with one attached hydrogen (secondary N) is 2. The molecule has 0 saturated heterocycles. The summed E-state index contributed by atoms with van der Waals surface area (Å²) in [6.07, 6.45) is 0. The van der Waals surface area contributed by atoms with Crippen molar-refractivity contribution in [3.05, 3.63) is 89.5 Å².